The molecule has 3 aliphatic heterocycles. The van der Waals surface area contributed by atoms with Crippen LogP contribution in [0.4, 0.5) is 4.39 Å². The maximum Gasteiger partial charge on any atom is 0.263 e. The molecule has 190 valence electrons. The maximum atomic E-state index is 14.8. The fraction of sp³-hybridized carbons (Fsp3) is 0.400. The van der Waals surface area contributed by atoms with Crippen LogP contribution in [0.1, 0.15) is 23.2 Å². The van der Waals surface area contributed by atoms with E-state index in [1.165, 1.54) is 24.3 Å². The number of carbonyl (C=O) groups excluding carboxylic acids is 2. The monoisotopic (exact) mass is 517 g/mol. The molecule has 1 aromatic carbocycles. The average molecular weight is 518 g/mol. The Hall–Kier alpha value is -3.37. The lowest BCUT2D eigenvalue weighted by atomic mass is 10.1. The fourth-order valence-corrected chi connectivity index (χ4v) is 5.01. The third-order valence-electron chi connectivity index (χ3n) is 6.58. The van der Waals surface area contributed by atoms with E-state index in [2.05, 4.69) is 11.6 Å². The summed E-state index contributed by atoms with van der Waals surface area (Å²) < 4.78 is 32.4. The van der Waals surface area contributed by atoms with Crippen LogP contribution in [0.2, 0.25) is 5.02 Å². The largest absolute Gasteiger partial charge is 0.507 e. The van der Waals surface area contributed by atoms with Gasteiger partial charge in [0.15, 0.2) is 5.75 Å². The first-order chi connectivity index (χ1) is 17.4. The Morgan fingerprint density at radius 1 is 1.36 bits per heavy atom. The molecule has 0 radical (unpaired) electrons. The lowest BCUT2D eigenvalue weighted by Crippen LogP contribution is -2.57. The van der Waals surface area contributed by atoms with E-state index in [1.807, 2.05) is 0 Å². The first-order valence-corrected chi connectivity index (χ1v) is 12.1. The second-order valence-corrected chi connectivity index (χ2v) is 9.19. The molecular weight excluding hydrogens is 493 g/mol. The van der Waals surface area contributed by atoms with Crippen LogP contribution in [-0.2, 0) is 9.53 Å². The van der Waals surface area contributed by atoms with Gasteiger partial charge in [-0.1, -0.05) is 24.2 Å². The van der Waals surface area contributed by atoms with Gasteiger partial charge in [0.05, 0.1) is 17.7 Å². The van der Waals surface area contributed by atoms with E-state index in [0.717, 1.165) is 12.8 Å². The van der Waals surface area contributed by atoms with Gasteiger partial charge in [-0.3, -0.25) is 9.59 Å². The van der Waals surface area contributed by atoms with Gasteiger partial charge in [-0.2, -0.15) is 0 Å². The number of fused-ring (bicyclic) bond motifs is 2. The number of nitrogens with zero attached hydrogens (tertiary/aromatic N) is 3. The average Bonchev–Trinajstić information content (AvgIpc) is 3.35. The molecule has 5 rings (SSSR count). The van der Waals surface area contributed by atoms with E-state index in [4.69, 9.17) is 25.8 Å². The number of phenols is 1. The van der Waals surface area contributed by atoms with Crippen molar-refractivity contribution < 1.29 is 33.3 Å². The molecule has 36 heavy (non-hydrogen) atoms. The lowest BCUT2D eigenvalue weighted by Gasteiger charge is -2.39. The molecular formula is C25H25ClFN3O6. The van der Waals surface area contributed by atoms with Gasteiger partial charge in [0, 0.05) is 26.2 Å². The minimum atomic E-state index is -0.745. The smallest absolute Gasteiger partial charge is 0.263 e. The van der Waals surface area contributed by atoms with Crippen LogP contribution >= 0.6 is 11.6 Å². The van der Waals surface area contributed by atoms with E-state index in [9.17, 15) is 19.1 Å². The van der Waals surface area contributed by atoms with Gasteiger partial charge in [-0.15, -0.1) is 0 Å². The van der Waals surface area contributed by atoms with E-state index < -0.39 is 17.8 Å². The van der Waals surface area contributed by atoms with Gasteiger partial charge in [-0.05, 0) is 31.1 Å². The minimum absolute atomic E-state index is 0.00680. The van der Waals surface area contributed by atoms with Crippen LogP contribution in [0, 0.1) is 5.82 Å². The third-order valence-corrected chi connectivity index (χ3v) is 6.93. The highest BCUT2D eigenvalue weighted by Crippen LogP contribution is 2.45. The molecule has 4 heterocycles. The number of amides is 2. The topological polar surface area (TPSA) is 101 Å². The van der Waals surface area contributed by atoms with Crippen molar-refractivity contribution in [2.45, 2.75) is 25.0 Å². The summed E-state index contributed by atoms with van der Waals surface area (Å²) in [6.45, 7) is 5.16. The van der Waals surface area contributed by atoms with Crippen LogP contribution in [0.5, 0.6) is 17.4 Å². The molecule has 1 N–H and O–H groups in total. The molecule has 0 aliphatic carbocycles. The summed E-state index contributed by atoms with van der Waals surface area (Å²) in [5.41, 5.74) is -0.318. The van der Waals surface area contributed by atoms with Gasteiger partial charge in [-0.25, -0.2) is 9.37 Å². The summed E-state index contributed by atoms with van der Waals surface area (Å²) in [7, 11) is 0. The Balaban J connectivity index is 1.58. The first kappa shape index (κ1) is 24.3. The molecule has 0 bridgehead atoms. The number of hydrogen-bond acceptors (Lipinski definition) is 7. The quantitative estimate of drug-likeness (QED) is 0.608. The number of rotatable bonds is 5. The summed E-state index contributed by atoms with van der Waals surface area (Å²) in [6.07, 6.45) is 2.75. The highest BCUT2D eigenvalue weighted by Gasteiger charge is 2.40. The number of benzene rings is 1. The lowest BCUT2D eigenvalue weighted by molar-refractivity contribution is -0.128. The minimum Gasteiger partial charge on any atom is -0.507 e. The van der Waals surface area contributed by atoms with Crippen LogP contribution < -0.4 is 9.47 Å². The summed E-state index contributed by atoms with van der Waals surface area (Å²) in [6, 6.07) is 3.39. The van der Waals surface area contributed by atoms with Gasteiger partial charge in [0.25, 0.3) is 5.91 Å². The first-order valence-electron chi connectivity index (χ1n) is 11.7. The predicted molar refractivity (Wildman–Crippen MR) is 128 cm³/mol. The zero-order valence-electron chi connectivity index (χ0n) is 19.4. The third kappa shape index (κ3) is 4.35. The van der Waals surface area contributed by atoms with Crippen molar-refractivity contribution in [3.63, 3.8) is 0 Å². The zero-order chi connectivity index (χ0) is 25.4. The number of hydrogen-bond donors (Lipinski definition) is 1. The van der Waals surface area contributed by atoms with E-state index in [1.54, 1.807) is 9.80 Å². The molecule has 2 fully saturated rings. The zero-order valence-corrected chi connectivity index (χ0v) is 20.2. The second-order valence-electron chi connectivity index (χ2n) is 8.82. The molecule has 9 nitrogen and oxygen atoms in total. The van der Waals surface area contributed by atoms with Crippen molar-refractivity contribution in [3.05, 3.63) is 47.3 Å². The summed E-state index contributed by atoms with van der Waals surface area (Å²) in [5, 5.41) is 10.3. The van der Waals surface area contributed by atoms with Gasteiger partial charge < -0.3 is 29.1 Å². The summed E-state index contributed by atoms with van der Waals surface area (Å²) >= 11 is 6.65. The van der Waals surface area contributed by atoms with Crippen LogP contribution in [0.15, 0.2) is 30.9 Å². The Morgan fingerprint density at radius 2 is 2.19 bits per heavy atom. The van der Waals surface area contributed by atoms with E-state index in [-0.39, 0.29) is 77.5 Å². The summed E-state index contributed by atoms with van der Waals surface area (Å²) in [4.78, 5) is 33.5. The summed E-state index contributed by atoms with van der Waals surface area (Å²) in [5.74, 6) is -1.86. The Morgan fingerprint density at radius 3 is 2.92 bits per heavy atom. The molecule has 0 saturated carbocycles. The normalized spacial score (nSPS) is 21.3. The number of piperazine rings is 1. The Bertz CT molecular complexity index is 1200. The molecule has 11 heteroatoms. The predicted octanol–water partition coefficient (Wildman–Crippen LogP) is 3.04. The number of phenolic OH excluding ortho intramolecular Hbond substituents is 1. The number of aromatic hydroxyl groups is 1. The van der Waals surface area contributed by atoms with E-state index >= 15 is 0 Å². The molecule has 0 spiro atoms. The molecule has 2 amide bonds. The van der Waals surface area contributed by atoms with Crippen LogP contribution in [-0.4, -0.2) is 83.3 Å². The van der Waals surface area contributed by atoms with Crippen molar-refractivity contribution in [3.8, 4) is 28.6 Å². The Kier molecular flexibility index (Phi) is 6.72. The van der Waals surface area contributed by atoms with Crippen LogP contribution in [0.3, 0.4) is 0 Å². The number of aromatic nitrogens is 1. The number of carbonyl (C=O) groups is 2. The SMILES string of the molecule is C=CC(=O)N1CCN2C(=O)c3c(OC[C@@H]4CCCO4)nc(-c4c(O)cccc4F)c(Cl)c3OC[C@H]2C1. The van der Waals surface area contributed by atoms with Gasteiger partial charge in [0.2, 0.25) is 11.8 Å². The number of pyridine rings is 1. The standard InChI is InChI=1S/C25H25ClFN3O6/c1-2-18(32)29-8-9-30-14(11-29)12-35-23-20(25(30)33)24(36-13-15-5-4-10-34-15)28-22(21(23)26)19-16(27)6-3-7-17(19)31/h2-3,6-7,14-15,31H,1,4-5,8-13H2/t14-,15+/m1/s1. The molecule has 2 saturated heterocycles. The highest BCUT2D eigenvalue weighted by atomic mass is 35.5. The fourth-order valence-electron chi connectivity index (χ4n) is 4.73. The molecule has 1 aromatic heterocycles. The molecule has 3 aliphatic rings. The van der Waals surface area contributed by atoms with Crippen molar-refractivity contribution in [2.75, 3.05) is 39.5 Å². The molecule has 2 aromatic rings. The number of ether oxygens (including phenoxy) is 3. The van der Waals surface area contributed by atoms with Crippen molar-refractivity contribution in [1.82, 2.24) is 14.8 Å². The molecule has 0 unspecified atom stereocenters. The number of halogens is 2. The van der Waals surface area contributed by atoms with E-state index in [0.29, 0.717) is 13.2 Å². The Labute approximate surface area is 212 Å². The van der Waals surface area contributed by atoms with Crippen molar-refractivity contribution in [2.24, 2.45) is 0 Å². The van der Waals surface area contributed by atoms with Gasteiger partial charge in [0.1, 0.15) is 41.1 Å². The highest BCUT2D eigenvalue weighted by molar-refractivity contribution is 6.35. The second kappa shape index (κ2) is 9.94. The molecule has 2 atom stereocenters. The van der Waals surface area contributed by atoms with Crippen LogP contribution in [0.25, 0.3) is 11.3 Å². The van der Waals surface area contributed by atoms with Gasteiger partial charge >= 0.3 is 0 Å². The van der Waals surface area contributed by atoms with Crippen molar-refractivity contribution >= 4 is 23.4 Å². The van der Waals surface area contributed by atoms with Crippen molar-refractivity contribution in [1.29, 1.82) is 0 Å². The maximum absolute atomic E-state index is 14.8.